The molecule has 0 amide bonds. The highest BCUT2D eigenvalue weighted by atomic mass is 16.4. The lowest BCUT2D eigenvalue weighted by atomic mass is 9.94. The van der Waals surface area contributed by atoms with Crippen LogP contribution in [0, 0.1) is 0 Å². The van der Waals surface area contributed by atoms with E-state index < -0.39 is 18.0 Å². The van der Waals surface area contributed by atoms with Gasteiger partial charge in [-0.1, -0.05) is 44.9 Å². The number of benzene rings is 1. The number of rotatable bonds is 13. The van der Waals surface area contributed by atoms with Gasteiger partial charge in [-0.2, -0.15) is 0 Å². The van der Waals surface area contributed by atoms with Gasteiger partial charge in [-0.05, 0) is 43.1 Å². The third kappa shape index (κ3) is 7.67. The predicted octanol–water partition coefficient (Wildman–Crippen LogP) is 3.55. The van der Waals surface area contributed by atoms with Gasteiger partial charge in [0, 0.05) is 6.04 Å². The standard InChI is InChI=1S/C19H30N2O4/c20-12-8-6-4-2-1-3-5-7-9-17(21)16-13-14(18(22)23)10-11-15(16)19(24)25/h10-11,13,17H,1-9,12,20-21H2,(H,22,23)(H,24,25). The zero-order valence-electron chi connectivity index (χ0n) is 14.7. The van der Waals surface area contributed by atoms with E-state index in [-0.39, 0.29) is 11.1 Å². The average Bonchev–Trinajstić information content (AvgIpc) is 2.59. The van der Waals surface area contributed by atoms with Crippen molar-refractivity contribution < 1.29 is 19.8 Å². The molecule has 0 aliphatic heterocycles. The Hall–Kier alpha value is -1.92. The van der Waals surface area contributed by atoms with Crippen molar-refractivity contribution in [1.29, 1.82) is 0 Å². The smallest absolute Gasteiger partial charge is 0.336 e. The number of carboxylic acids is 2. The van der Waals surface area contributed by atoms with E-state index in [4.69, 9.17) is 16.6 Å². The van der Waals surface area contributed by atoms with E-state index in [0.29, 0.717) is 12.0 Å². The molecule has 6 N–H and O–H groups in total. The molecule has 1 aromatic rings. The second kappa shape index (κ2) is 11.6. The summed E-state index contributed by atoms with van der Waals surface area (Å²) in [7, 11) is 0. The van der Waals surface area contributed by atoms with Crippen molar-refractivity contribution in [2.24, 2.45) is 11.5 Å². The van der Waals surface area contributed by atoms with Crippen LogP contribution < -0.4 is 11.5 Å². The molecule has 0 radical (unpaired) electrons. The number of unbranched alkanes of at least 4 members (excludes halogenated alkanes) is 7. The van der Waals surface area contributed by atoms with Crippen LogP contribution >= 0.6 is 0 Å². The third-order valence-corrected chi connectivity index (χ3v) is 4.40. The van der Waals surface area contributed by atoms with E-state index in [9.17, 15) is 14.7 Å². The van der Waals surface area contributed by atoms with Crippen LogP contribution in [0.2, 0.25) is 0 Å². The predicted molar refractivity (Wildman–Crippen MR) is 97.9 cm³/mol. The summed E-state index contributed by atoms with van der Waals surface area (Å²) < 4.78 is 0. The first kappa shape index (κ1) is 21.1. The molecule has 0 saturated carbocycles. The van der Waals surface area contributed by atoms with Gasteiger partial charge in [0.2, 0.25) is 0 Å². The fourth-order valence-electron chi connectivity index (χ4n) is 2.92. The van der Waals surface area contributed by atoms with Crippen LogP contribution in [0.3, 0.4) is 0 Å². The number of carboxylic acid groups (broad SMARTS) is 2. The van der Waals surface area contributed by atoms with Gasteiger partial charge in [-0.25, -0.2) is 9.59 Å². The summed E-state index contributed by atoms with van der Waals surface area (Å²) in [5.74, 6) is -2.17. The lowest BCUT2D eigenvalue weighted by molar-refractivity contribution is 0.0679. The van der Waals surface area contributed by atoms with Gasteiger partial charge in [0.15, 0.2) is 0 Å². The Balaban J connectivity index is 2.43. The monoisotopic (exact) mass is 350 g/mol. The number of aromatic carboxylic acids is 2. The Kier molecular flexibility index (Phi) is 9.80. The molecule has 1 aromatic carbocycles. The van der Waals surface area contributed by atoms with Gasteiger partial charge in [0.1, 0.15) is 0 Å². The summed E-state index contributed by atoms with van der Waals surface area (Å²) >= 11 is 0. The molecule has 6 nitrogen and oxygen atoms in total. The lowest BCUT2D eigenvalue weighted by Gasteiger charge is -2.15. The Morgan fingerprint density at radius 1 is 0.880 bits per heavy atom. The fourth-order valence-corrected chi connectivity index (χ4v) is 2.92. The molecule has 0 fully saturated rings. The van der Waals surface area contributed by atoms with Crippen LogP contribution in [0.1, 0.15) is 90.1 Å². The Bertz CT molecular complexity index is 560. The quantitative estimate of drug-likeness (QED) is 0.403. The molecule has 0 aliphatic carbocycles. The second-order valence-corrected chi connectivity index (χ2v) is 6.42. The minimum absolute atomic E-state index is 0.0629. The summed E-state index contributed by atoms with van der Waals surface area (Å²) in [4.78, 5) is 22.4. The average molecular weight is 350 g/mol. The molecule has 1 unspecified atom stereocenters. The highest BCUT2D eigenvalue weighted by Gasteiger charge is 2.18. The van der Waals surface area contributed by atoms with Crippen LogP contribution in [0.15, 0.2) is 18.2 Å². The maximum absolute atomic E-state index is 11.3. The number of hydrogen-bond donors (Lipinski definition) is 4. The molecule has 6 heteroatoms. The topological polar surface area (TPSA) is 127 Å². The largest absolute Gasteiger partial charge is 0.478 e. The van der Waals surface area contributed by atoms with Crippen molar-refractivity contribution in [3.63, 3.8) is 0 Å². The third-order valence-electron chi connectivity index (χ3n) is 4.40. The van der Waals surface area contributed by atoms with E-state index in [1.165, 1.54) is 43.9 Å². The molecule has 1 rings (SSSR count). The zero-order valence-corrected chi connectivity index (χ0v) is 14.7. The van der Waals surface area contributed by atoms with E-state index in [0.717, 1.165) is 32.2 Å². The lowest BCUT2D eigenvalue weighted by Crippen LogP contribution is -2.16. The van der Waals surface area contributed by atoms with Crippen LogP contribution in [-0.4, -0.2) is 28.7 Å². The van der Waals surface area contributed by atoms with Gasteiger partial charge >= 0.3 is 11.9 Å². The van der Waals surface area contributed by atoms with Crippen LogP contribution in [-0.2, 0) is 0 Å². The maximum atomic E-state index is 11.3. The summed E-state index contributed by atoms with van der Waals surface area (Å²) in [5.41, 5.74) is 12.1. The van der Waals surface area contributed by atoms with E-state index in [1.807, 2.05) is 0 Å². The fraction of sp³-hybridized carbons (Fsp3) is 0.579. The number of hydrogen-bond acceptors (Lipinski definition) is 4. The van der Waals surface area contributed by atoms with Crippen LogP contribution in [0.25, 0.3) is 0 Å². The normalized spacial score (nSPS) is 12.1. The molecule has 140 valence electrons. The first-order chi connectivity index (χ1) is 12.0. The molecule has 0 saturated heterocycles. The van der Waals surface area contributed by atoms with E-state index in [1.54, 1.807) is 0 Å². The molecule has 0 aliphatic rings. The molecule has 0 spiro atoms. The molecule has 0 aromatic heterocycles. The first-order valence-corrected chi connectivity index (χ1v) is 9.03. The second-order valence-electron chi connectivity index (χ2n) is 6.42. The summed E-state index contributed by atoms with van der Waals surface area (Å²) in [6, 6.07) is 3.54. The van der Waals surface area contributed by atoms with Gasteiger partial charge in [0.25, 0.3) is 0 Å². The Labute approximate surface area is 149 Å². The van der Waals surface area contributed by atoms with E-state index >= 15 is 0 Å². The van der Waals surface area contributed by atoms with E-state index in [2.05, 4.69) is 0 Å². The van der Waals surface area contributed by atoms with Crippen molar-refractivity contribution >= 4 is 11.9 Å². The van der Waals surface area contributed by atoms with Crippen molar-refractivity contribution in [1.82, 2.24) is 0 Å². The Morgan fingerprint density at radius 3 is 1.96 bits per heavy atom. The van der Waals surface area contributed by atoms with Crippen molar-refractivity contribution in [3.05, 3.63) is 34.9 Å². The minimum Gasteiger partial charge on any atom is -0.478 e. The summed E-state index contributed by atoms with van der Waals surface area (Å²) in [5, 5.41) is 18.3. The summed E-state index contributed by atoms with van der Waals surface area (Å²) in [6.45, 7) is 0.763. The molecular weight excluding hydrogens is 320 g/mol. The molecule has 0 heterocycles. The van der Waals surface area contributed by atoms with Gasteiger partial charge in [0.05, 0.1) is 11.1 Å². The van der Waals surface area contributed by atoms with Gasteiger partial charge < -0.3 is 21.7 Å². The number of carbonyl (C=O) groups is 2. The maximum Gasteiger partial charge on any atom is 0.336 e. The van der Waals surface area contributed by atoms with Gasteiger partial charge in [-0.15, -0.1) is 0 Å². The molecule has 1 atom stereocenters. The number of nitrogens with two attached hydrogens (primary N) is 2. The highest BCUT2D eigenvalue weighted by molar-refractivity contribution is 5.93. The molecular formula is C19H30N2O4. The SMILES string of the molecule is NCCCCCCCCCCC(N)c1cc(C(=O)O)ccc1C(=O)O. The minimum atomic E-state index is -1.08. The van der Waals surface area contributed by atoms with Crippen molar-refractivity contribution in [2.45, 2.75) is 63.8 Å². The molecule has 0 bridgehead atoms. The molecule has 25 heavy (non-hydrogen) atoms. The van der Waals surface area contributed by atoms with Gasteiger partial charge in [-0.3, -0.25) is 0 Å². The first-order valence-electron chi connectivity index (χ1n) is 9.03. The Morgan fingerprint density at radius 2 is 1.44 bits per heavy atom. The van der Waals surface area contributed by atoms with Crippen molar-refractivity contribution in [2.75, 3.05) is 6.54 Å². The van der Waals surface area contributed by atoms with Crippen LogP contribution in [0.5, 0.6) is 0 Å². The summed E-state index contributed by atoms with van der Waals surface area (Å²) in [6.07, 6.45) is 9.65. The zero-order chi connectivity index (χ0) is 18.7. The van der Waals surface area contributed by atoms with Crippen LogP contribution in [0.4, 0.5) is 0 Å². The highest BCUT2D eigenvalue weighted by Crippen LogP contribution is 2.23. The van der Waals surface area contributed by atoms with Crippen molar-refractivity contribution in [3.8, 4) is 0 Å².